The molecule has 2 nitrogen and oxygen atoms in total. The molecule has 0 N–H and O–H groups in total. The minimum absolute atomic E-state index is 0.0398. The van der Waals surface area contributed by atoms with E-state index in [1.165, 1.54) is 39.0 Å². The lowest BCUT2D eigenvalue weighted by Crippen LogP contribution is -2.35. The van der Waals surface area contributed by atoms with Gasteiger partial charge in [0.15, 0.2) is 5.69 Å². The van der Waals surface area contributed by atoms with Crippen molar-refractivity contribution in [1.29, 1.82) is 0 Å². The van der Waals surface area contributed by atoms with E-state index in [0.717, 1.165) is 5.75 Å². The molecule has 0 saturated heterocycles. The van der Waals surface area contributed by atoms with Crippen LogP contribution >= 0.6 is 0 Å². The van der Waals surface area contributed by atoms with Crippen molar-refractivity contribution >= 4 is 10.9 Å². The number of nitrogens with zero attached hydrogens (tertiary/aromatic N) is 1. The number of benzene rings is 3. The Hall–Kier alpha value is -3.13. The Balaban J connectivity index is 1.87. The van der Waals surface area contributed by atoms with Gasteiger partial charge < -0.3 is 4.74 Å². The van der Waals surface area contributed by atoms with Crippen molar-refractivity contribution in [3.05, 3.63) is 90.1 Å². The van der Waals surface area contributed by atoms with Gasteiger partial charge in [-0.2, -0.15) is 4.57 Å². The van der Waals surface area contributed by atoms with Gasteiger partial charge in [-0.15, -0.1) is 0 Å². The Morgan fingerprint density at radius 2 is 1.52 bits per heavy atom. The Morgan fingerprint density at radius 3 is 2.30 bits per heavy atom. The van der Waals surface area contributed by atoms with E-state index in [1.54, 1.807) is 7.11 Å². The van der Waals surface area contributed by atoms with Gasteiger partial charge in [-0.05, 0) is 37.6 Å². The molecule has 1 aliphatic rings. The maximum absolute atomic E-state index is 5.34. The van der Waals surface area contributed by atoms with E-state index in [2.05, 4.69) is 85.1 Å². The van der Waals surface area contributed by atoms with E-state index in [4.69, 9.17) is 4.74 Å². The van der Waals surface area contributed by atoms with Gasteiger partial charge in [0, 0.05) is 29.3 Å². The zero-order valence-electron chi connectivity index (χ0n) is 15.9. The molecule has 27 heavy (non-hydrogen) atoms. The summed E-state index contributed by atoms with van der Waals surface area (Å²) in [6.07, 6.45) is 0. The Morgan fingerprint density at radius 1 is 0.815 bits per heavy atom. The zero-order valence-corrected chi connectivity index (χ0v) is 15.9. The maximum Gasteiger partial charge on any atom is 0.219 e. The first kappa shape index (κ1) is 16.1. The highest BCUT2D eigenvalue weighted by Crippen LogP contribution is 2.41. The van der Waals surface area contributed by atoms with Crippen LogP contribution in [0, 0.1) is 0 Å². The predicted octanol–water partition coefficient (Wildman–Crippen LogP) is 5.43. The van der Waals surface area contributed by atoms with Crippen molar-refractivity contribution < 1.29 is 9.30 Å². The molecule has 0 spiro atoms. The predicted molar refractivity (Wildman–Crippen MR) is 110 cm³/mol. The number of fused-ring (bicyclic) bond motifs is 5. The van der Waals surface area contributed by atoms with E-state index in [-0.39, 0.29) is 5.41 Å². The number of methoxy groups -OCH3 is 1. The number of hydrogen-bond donors (Lipinski definition) is 0. The molecule has 0 unspecified atom stereocenters. The summed E-state index contributed by atoms with van der Waals surface area (Å²) in [6.45, 7) is 4.63. The minimum atomic E-state index is -0.0398. The largest absolute Gasteiger partial charge is 0.497 e. The molecule has 0 radical (unpaired) electrons. The van der Waals surface area contributed by atoms with Crippen LogP contribution in [0.25, 0.3) is 27.7 Å². The molecule has 0 bridgehead atoms. The monoisotopic (exact) mass is 352 g/mol. The molecule has 0 saturated carbocycles. The van der Waals surface area contributed by atoms with Gasteiger partial charge in [0.05, 0.1) is 17.9 Å². The summed E-state index contributed by atoms with van der Waals surface area (Å²) >= 11 is 0. The van der Waals surface area contributed by atoms with E-state index >= 15 is 0 Å². The number of para-hydroxylation sites is 2. The van der Waals surface area contributed by atoms with Gasteiger partial charge in [-0.3, -0.25) is 0 Å². The third kappa shape index (κ3) is 2.23. The molecule has 132 valence electrons. The SMILES string of the molecule is COc1ccc(-c2cc3[n+](c4ccccc24)-c2ccccc2C3(C)C)cc1. The topological polar surface area (TPSA) is 13.1 Å². The van der Waals surface area contributed by atoms with Gasteiger partial charge in [-0.1, -0.05) is 42.5 Å². The fourth-order valence-corrected chi connectivity index (χ4v) is 4.37. The van der Waals surface area contributed by atoms with Gasteiger partial charge in [-0.25, -0.2) is 0 Å². The average molecular weight is 352 g/mol. The van der Waals surface area contributed by atoms with Crippen LogP contribution < -0.4 is 9.30 Å². The third-order valence-corrected chi connectivity index (χ3v) is 5.82. The van der Waals surface area contributed by atoms with Crippen LogP contribution in [0.15, 0.2) is 78.9 Å². The molecular weight excluding hydrogens is 330 g/mol. The van der Waals surface area contributed by atoms with Crippen molar-refractivity contribution in [2.75, 3.05) is 7.11 Å². The second kappa shape index (κ2) is 5.68. The maximum atomic E-state index is 5.34. The van der Waals surface area contributed by atoms with Gasteiger partial charge in [0.2, 0.25) is 11.2 Å². The molecule has 0 atom stereocenters. The molecule has 4 aromatic rings. The fraction of sp³-hybridized carbons (Fsp3) is 0.160. The van der Waals surface area contributed by atoms with Crippen molar-refractivity contribution in [3.8, 4) is 22.6 Å². The molecule has 3 aromatic carbocycles. The summed E-state index contributed by atoms with van der Waals surface area (Å²) in [5.74, 6) is 0.881. The third-order valence-electron chi connectivity index (χ3n) is 5.82. The summed E-state index contributed by atoms with van der Waals surface area (Å²) in [5, 5.41) is 1.26. The normalized spacial score (nSPS) is 14.0. The van der Waals surface area contributed by atoms with Crippen LogP contribution in [0.1, 0.15) is 25.1 Å². The first-order valence-electron chi connectivity index (χ1n) is 9.34. The Kier molecular flexibility index (Phi) is 3.38. The van der Waals surface area contributed by atoms with E-state index in [9.17, 15) is 0 Å². The summed E-state index contributed by atoms with van der Waals surface area (Å²) in [6, 6.07) is 28.2. The molecule has 0 aliphatic carbocycles. The summed E-state index contributed by atoms with van der Waals surface area (Å²) in [7, 11) is 1.70. The zero-order chi connectivity index (χ0) is 18.6. The average Bonchev–Trinajstić information content (AvgIpc) is 2.95. The molecule has 2 heterocycles. The van der Waals surface area contributed by atoms with E-state index < -0.39 is 0 Å². The van der Waals surface area contributed by atoms with Crippen LogP contribution in [-0.2, 0) is 5.41 Å². The second-order valence-corrected chi connectivity index (χ2v) is 7.67. The lowest BCUT2D eigenvalue weighted by atomic mass is 9.82. The van der Waals surface area contributed by atoms with Gasteiger partial charge >= 0.3 is 0 Å². The Labute approximate surface area is 159 Å². The quantitative estimate of drug-likeness (QED) is 0.438. The van der Waals surface area contributed by atoms with Crippen LogP contribution in [-0.4, -0.2) is 7.11 Å². The minimum Gasteiger partial charge on any atom is -0.497 e. The van der Waals surface area contributed by atoms with Crippen molar-refractivity contribution in [3.63, 3.8) is 0 Å². The number of hydrogen-bond acceptors (Lipinski definition) is 1. The standard InChI is InChI=1S/C25H22NO/c1-25(2)21-9-5-7-11-23(21)26-22-10-6-4-8-19(22)20(16-24(25)26)17-12-14-18(27-3)15-13-17/h4-16H,1-3H3/q+1. The first-order chi connectivity index (χ1) is 13.1. The second-order valence-electron chi connectivity index (χ2n) is 7.67. The van der Waals surface area contributed by atoms with Gasteiger partial charge in [0.25, 0.3) is 0 Å². The van der Waals surface area contributed by atoms with Crippen LogP contribution in [0.5, 0.6) is 5.75 Å². The van der Waals surface area contributed by atoms with Crippen molar-refractivity contribution in [2.24, 2.45) is 0 Å². The van der Waals surface area contributed by atoms with Gasteiger partial charge in [0.1, 0.15) is 5.75 Å². The van der Waals surface area contributed by atoms with Crippen molar-refractivity contribution in [2.45, 2.75) is 19.3 Å². The molecule has 0 fully saturated rings. The molecule has 1 aromatic heterocycles. The molecule has 0 amide bonds. The molecule has 2 heteroatoms. The highest BCUT2D eigenvalue weighted by Gasteiger charge is 2.45. The van der Waals surface area contributed by atoms with E-state index in [0.29, 0.717) is 0 Å². The fourth-order valence-electron chi connectivity index (χ4n) is 4.37. The summed E-state index contributed by atoms with van der Waals surface area (Å²) < 4.78 is 7.77. The number of rotatable bonds is 2. The summed E-state index contributed by atoms with van der Waals surface area (Å²) in [4.78, 5) is 0. The number of pyridine rings is 1. The van der Waals surface area contributed by atoms with Crippen LogP contribution in [0.4, 0.5) is 0 Å². The molecular formula is C25H22NO+. The summed E-state index contributed by atoms with van der Waals surface area (Å²) in [5.41, 5.74) is 7.67. The highest BCUT2D eigenvalue weighted by atomic mass is 16.5. The smallest absolute Gasteiger partial charge is 0.219 e. The lowest BCUT2D eigenvalue weighted by Gasteiger charge is -2.16. The van der Waals surface area contributed by atoms with E-state index in [1.807, 2.05) is 12.1 Å². The highest BCUT2D eigenvalue weighted by molar-refractivity contribution is 5.93. The molecule has 5 rings (SSSR count). The number of aromatic nitrogens is 1. The van der Waals surface area contributed by atoms with Crippen LogP contribution in [0.2, 0.25) is 0 Å². The molecule has 1 aliphatic heterocycles. The van der Waals surface area contributed by atoms with Crippen molar-refractivity contribution in [1.82, 2.24) is 0 Å². The van der Waals surface area contributed by atoms with Crippen LogP contribution in [0.3, 0.4) is 0 Å². The first-order valence-corrected chi connectivity index (χ1v) is 9.34. The number of ether oxygens (including phenoxy) is 1. The lowest BCUT2D eigenvalue weighted by molar-refractivity contribution is -0.571. The Bertz CT molecular complexity index is 1170.